The highest BCUT2D eigenvalue weighted by molar-refractivity contribution is 6.34. The number of hydrogen-bond donors (Lipinski definition) is 2. The largest absolute Gasteiger partial charge is 0.416 e. The van der Waals surface area contributed by atoms with Crippen LogP contribution in [-0.2, 0) is 6.18 Å². The fourth-order valence-electron chi connectivity index (χ4n) is 2.54. The number of halogens is 5. The van der Waals surface area contributed by atoms with E-state index in [1.165, 1.54) is 42.6 Å². The van der Waals surface area contributed by atoms with Gasteiger partial charge in [-0.2, -0.15) is 13.2 Å². The summed E-state index contributed by atoms with van der Waals surface area (Å²) in [6.45, 7) is 0. The highest BCUT2D eigenvalue weighted by Crippen LogP contribution is 2.32. The van der Waals surface area contributed by atoms with Crippen LogP contribution in [0, 0.1) is 5.82 Å². The second-order valence-electron chi connectivity index (χ2n) is 6.02. The van der Waals surface area contributed by atoms with Gasteiger partial charge in [0.15, 0.2) is 0 Å². The first-order chi connectivity index (χ1) is 14.1. The van der Waals surface area contributed by atoms with E-state index < -0.39 is 35.1 Å². The zero-order chi connectivity index (χ0) is 21.9. The van der Waals surface area contributed by atoms with Crippen molar-refractivity contribution in [3.05, 3.63) is 82.8 Å². The maximum atomic E-state index is 13.7. The van der Waals surface area contributed by atoms with E-state index in [9.17, 15) is 27.2 Å². The van der Waals surface area contributed by atoms with Crippen molar-refractivity contribution in [3.8, 4) is 11.1 Å². The maximum absolute atomic E-state index is 13.7. The lowest BCUT2D eigenvalue weighted by atomic mass is 10.0. The monoisotopic (exact) mass is 437 g/mol. The van der Waals surface area contributed by atoms with Gasteiger partial charge in [0.25, 0.3) is 5.91 Å². The van der Waals surface area contributed by atoms with E-state index >= 15 is 0 Å². The molecule has 1 heterocycles. The van der Waals surface area contributed by atoms with Crippen LogP contribution in [0.15, 0.2) is 60.8 Å². The van der Waals surface area contributed by atoms with Crippen LogP contribution in [0.25, 0.3) is 11.1 Å². The van der Waals surface area contributed by atoms with E-state index in [0.29, 0.717) is 5.56 Å². The lowest BCUT2D eigenvalue weighted by Crippen LogP contribution is -2.35. The minimum absolute atomic E-state index is 0.0238. The van der Waals surface area contributed by atoms with Crippen LogP contribution < -0.4 is 10.6 Å². The summed E-state index contributed by atoms with van der Waals surface area (Å²) >= 11 is 5.77. The van der Waals surface area contributed by atoms with E-state index in [1.807, 2.05) is 5.32 Å². The van der Waals surface area contributed by atoms with Crippen molar-refractivity contribution in [1.82, 2.24) is 10.3 Å². The molecule has 5 nitrogen and oxygen atoms in total. The summed E-state index contributed by atoms with van der Waals surface area (Å²) in [7, 11) is 0. The van der Waals surface area contributed by atoms with Crippen LogP contribution in [0.4, 0.5) is 28.2 Å². The molecule has 0 spiro atoms. The molecule has 0 bridgehead atoms. The van der Waals surface area contributed by atoms with Crippen LogP contribution in [0.5, 0.6) is 0 Å². The van der Waals surface area contributed by atoms with Gasteiger partial charge in [-0.05, 0) is 42.0 Å². The third-order valence-corrected chi connectivity index (χ3v) is 4.26. The minimum Gasteiger partial charge on any atom is -0.292 e. The molecular formula is C20H12ClF4N3O2. The molecule has 30 heavy (non-hydrogen) atoms. The number of anilines is 1. The number of imide groups is 1. The Labute approximate surface area is 172 Å². The number of carbonyl (C=O) groups is 2. The second-order valence-corrected chi connectivity index (χ2v) is 6.42. The zero-order valence-electron chi connectivity index (χ0n) is 14.9. The molecule has 0 aliphatic rings. The van der Waals surface area contributed by atoms with Gasteiger partial charge >= 0.3 is 12.2 Å². The number of carbonyl (C=O) groups excluding carboxylic acids is 2. The fourth-order valence-corrected chi connectivity index (χ4v) is 2.79. The number of rotatable bonds is 3. The smallest absolute Gasteiger partial charge is 0.292 e. The third kappa shape index (κ3) is 4.93. The normalized spacial score (nSPS) is 11.1. The number of hydrogen-bond acceptors (Lipinski definition) is 3. The Bertz CT molecular complexity index is 1080. The number of nitrogens with one attached hydrogen (secondary N) is 2. The summed E-state index contributed by atoms with van der Waals surface area (Å²) in [5.74, 6) is -1.91. The van der Waals surface area contributed by atoms with Gasteiger partial charge in [-0.1, -0.05) is 29.8 Å². The summed E-state index contributed by atoms with van der Waals surface area (Å²) in [6, 6.07) is 10.1. The van der Waals surface area contributed by atoms with Gasteiger partial charge in [0.1, 0.15) is 11.6 Å². The fraction of sp³-hybridized carbons (Fsp3) is 0.0500. The Morgan fingerprint density at radius 2 is 1.70 bits per heavy atom. The van der Waals surface area contributed by atoms with Crippen molar-refractivity contribution in [2.75, 3.05) is 5.32 Å². The van der Waals surface area contributed by atoms with E-state index in [1.54, 1.807) is 0 Å². The molecule has 0 atom stereocenters. The Kier molecular flexibility index (Phi) is 6.02. The standard InChI is InChI=1S/C20H12ClF4N3O2/c21-14-5-2-6-15(22)17(14)18(29)28-19(30)27-16-8-7-12(10-26-16)11-3-1-4-13(9-11)20(23,24)25/h1-10H,(H2,26,27,28,29,30). The quantitative estimate of drug-likeness (QED) is 0.530. The van der Waals surface area contributed by atoms with Crippen molar-refractivity contribution in [2.24, 2.45) is 0 Å². The zero-order valence-corrected chi connectivity index (χ0v) is 15.7. The Morgan fingerprint density at radius 3 is 2.33 bits per heavy atom. The van der Waals surface area contributed by atoms with Crippen LogP contribution in [0.3, 0.4) is 0 Å². The molecule has 0 aliphatic carbocycles. The molecule has 0 saturated heterocycles. The SMILES string of the molecule is O=C(NC(=O)c1c(F)cccc1Cl)Nc1ccc(-c2cccc(C(F)(F)F)c2)cn1. The van der Waals surface area contributed by atoms with Gasteiger partial charge in [0, 0.05) is 11.8 Å². The van der Waals surface area contributed by atoms with E-state index in [2.05, 4.69) is 10.3 Å². The Hall–Kier alpha value is -3.46. The predicted octanol–water partition coefficient (Wildman–Crippen LogP) is 5.52. The van der Waals surface area contributed by atoms with E-state index in [0.717, 1.165) is 18.2 Å². The van der Waals surface area contributed by atoms with Crippen molar-refractivity contribution in [3.63, 3.8) is 0 Å². The first kappa shape index (κ1) is 21.3. The third-order valence-electron chi connectivity index (χ3n) is 3.95. The van der Waals surface area contributed by atoms with Crippen molar-refractivity contribution >= 4 is 29.4 Å². The molecule has 0 radical (unpaired) electrons. The molecule has 10 heteroatoms. The summed E-state index contributed by atoms with van der Waals surface area (Å²) in [6.07, 6.45) is -3.21. The maximum Gasteiger partial charge on any atom is 0.416 e. The molecule has 3 amide bonds. The minimum atomic E-state index is -4.48. The van der Waals surface area contributed by atoms with Crippen LogP contribution >= 0.6 is 11.6 Å². The molecule has 2 N–H and O–H groups in total. The molecular weight excluding hydrogens is 426 g/mol. The van der Waals surface area contributed by atoms with Gasteiger partial charge in [-0.15, -0.1) is 0 Å². The average molecular weight is 438 g/mol. The molecule has 3 rings (SSSR count). The molecule has 0 aliphatic heterocycles. The summed E-state index contributed by atoms with van der Waals surface area (Å²) < 4.78 is 52.2. The summed E-state index contributed by atoms with van der Waals surface area (Å²) in [5.41, 5.74) is -0.604. The highest BCUT2D eigenvalue weighted by Gasteiger charge is 2.30. The number of benzene rings is 2. The number of nitrogens with zero attached hydrogens (tertiary/aromatic N) is 1. The van der Waals surface area contributed by atoms with Gasteiger partial charge < -0.3 is 0 Å². The highest BCUT2D eigenvalue weighted by atomic mass is 35.5. The van der Waals surface area contributed by atoms with Crippen molar-refractivity contribution in [2.45, 2.75) is 6.18 Å². The van der Waals surface area contributed by atoms with Crippen LogP contribution in [0.2, 0.25) is 5.02 Å². The topological polar surface area (TPSA) is 71.1 Å². The Morgan fingerprint density at radius 1 is 0.967 bits per heavy atom. The molecule has 2 aromatic carbocycles. The molecule has 3 aromatic rings. The Balaban J connectivity index is 1.69. The number of urea groups is 1. The molecule has 1 aromatic heterocycles. The van der Waals surface area contributed by atoms with Gasteiger partial charge in [-0.25, -0.2) is 14.2 Å². The predicted molar refractivity (Wildman–Crippen MR) is 103 cm³/mol. The van der Waals surface area contributed by atoms with Gasteiger partial charge in [0.05, 0.1) is 16.1 Å². The van der Waals surface area contributed by atoms with Gasteiger partial charge in [-0.3, -0.25) is 15.4 Å². The number of pyridine rings is 1. The number of alkyl halides is 3. The van der Waals surface area contributed by atoms with E-state index in [-0.39, 0.29) is 16.4 Å². The molecule has 0 saturated carbocycles. The van der Waals surface area contributed by atoms with Gasteiger partial charge in [0.2, 0.25) is 0 Å². The first-order valence-corrected chi connectivity index (χ1v) is 8.73. The molecule has 154 valence electrons. The van der Waals surface area contributed by atoms with Crippen LogP contribution in [-0.4, -0.2) is 16.9 Å². The number of aromatic nitrogens is 1. The lowest BCUT2D eigenvalue weighted by molar-refractivity contribution is -0.137. The average Bonchev–Trinajstić information content (AvgIpc) is 2.68. The molecule has 0 unspecified atom stereocenters. The molecule has 0 fully saturated rings. The van der Waals surface area contributed by atoms with Crippen molar-refractivity contribution in [1.29, 1.82) is 0 Å². The number of amides is 3. The second kappa shape index (κ2) is 8.50. The van der Waals surface area contributed by atoms with E-state index in [4.69, 9.17) is 11.6 Å². The summed E-state index contributed by atoms with van der Waals surface area (Å²) in [5, 5.41) is 4.02. The van der Waals surface area contributed by atoms with Crippen molar-refractivity contribution < 1.29 is 27.2 Å². The summed E-state index contributed by atoms with van der Waals surface area (Å²) in [4.78, 5) is 27.9. The first-order valence-electron chi connectivity index (χ1n) is 8.35. The lowest BCUT2D eigenvalue weighted by Gasteiger charge is -2.10. The van der Waals surface area contributed by atoms with Crippen LogP contribution in [0.1, 0.15) is 15.9 Å².